The Morgan fingerprint density at radius 1 is 1.06 bits per heavy atom. The number of nitrogens with one attached hydrogen (secondary N) is 1. The Labute approximate surface area is 196 Å². The fourth-order valence-corrected chi connectivity index (χ4v) is 4.56. The summed E-state index contributed by atoms with van der Waals surface area (Å²) in [6, 6.07) is 15.1. The van der Waals surface area contributed by atoms with E-state index < -0.39 is 11.7 Å². The first kappa shape index (κ1) is 22.4. The maximum atomic E-state index is 13.2. The number of carbonyl (C=O) groups excluding carboxylic acids is 2. The number of rotatable bonds is 4. The summed E-state index contributed by atoms with van der Waals surface area (Å²) in [7, 11) is 0. The number of ether oxygens (including phenoxy) is 2. The van der Waals surface area contributed by atoms with Crippen molar-refractivity contribution in [3.05, 3.63) is 58.7 Å². The van der Waals surface area contributed by atoms with Gasteiger partial charge in [0.1, 0.15) is 17.4 Å². The van der Waals surface area contributed by atoms with Crippen molar-refractivity contribution in [2.45, 2.75) is 58.2 Å². The number of anilines is 1. The highest BCUT2D eigenvalue weighted by atomic mass is 79.9. The minimum atomic E-state index is -0.632. The Hall–Kier alpha value is -2.80. The van der Waals surface area contributed by atoms with Gasteiger partial charge in [-0.25, -0.2) is 9.59 Å². The molecule has 3 aromatic rings. The number of hydrogen-bond donors (Lipinski definition) is 1. The van der Waals surface area contributed by atoms with Gasteiger partial charge < -0.3 is 14.0 Å². The van der Waals surface area contributed by atoms with Gasteiger partial charge in [0.25, 0.3) is 0 Å². The molecule has 0 aliphatic heterocycles. The number of aromatic nitrogens is 1. The van der Waals surface area contributed by atoms with E-state index in [1.54, 1.807) is 6.07 Å². The van der Waals surface area contributed by atoms with Crippen LogP contribution in [0.1, 0.15) is 56.9 Å². The molecule has 0 atom stereocenters. The van der Waals surface area contributed by atoms with Gasteiger partial charge >= 0.3 is 12.1 Å². The van der Waals surface area contributed by atoms with Gasteiger partial charge in [0.05, 0.1) is 16.9 Å². The van der Waals surface area contributed by atoms with Crippen molar-refractivity contribution in [1.29, 1.82) is 0 Å². The zero-order chi connectivity index (χ0) is 22.9. The van der Waals surface area contributed by atoms with Crippen molar-refractivity contribution in [3.63, 3.8) is 0 Å². The van der Waals surface area contributed by atoms with E-state index in [0.717, 1.165) is 41.1 Å². The highest BCUT2D eigenvalue weighted by Gasteiger charge is 2.26. The number of nitrogens with zero attached hydrogens (tertiary/aromatic N) is 1. The monoisotopic (exact) mass is 498 g/mol. The molecular formula is C25H27BrN2O4. The van der Waals surface area contributed by atoms with E-state index in [2.05, 4.69) is 21.2 Å². The van der Waals surface area contributed by atoms with Crippen LogP contribution >= 0.6 is 15.9 Å². The van der Waals surface area contributed by atoms with Crippen LogP contribution in [0.4, 0.5) is 10.5 Å². The van der Waals surface area contributed by atoms with Crippen LogP contribution in [0.3, 0.4) is 0 Å². The molecule has 0 bridgehead atoms. The lowest BCUT2D eigenvalue weighted by atomic mass is 10.2. The van der Waals surface area contributed by atoms with Crippen molar-refractivity contribution in [2.24, 2.45) is 0 Å². The second-order valence-corrected chi connectivity index (χ2v) is 9.85. The lowest BCUT2D eigenvalue weighted by Gasteiger charge is -2.22. The van der Waals surface area contributed by atoms with Gasteiger partial charge in [0.2, 0.25) is 0 Å². The topological polar surface area (TPSA) is 69.6 Å². The number of esters is 1. The average Bonchev–Trinajstić information content (AvgIpc) is 3.34. The molecule has 1 amide bonds. The molecular weight excluding hydrogens is 472 g/mol. The Balaban J connectivity index is 1.80. The first-order valence-electron chi connectivity index (χ1n) is 10.8. The molecule has 0 saturated heterocycles. The fourth-order valence-electron chi connectivity index (χ4n) is 4.02. The SMILES string of the molecule is CC(C)(C)OC(=O)Nc1cccc(Br)c1-n1c(C(=O)OC2CCCC2)cc2ccccc21. The first-order chi connectivity index (χ1) is 15.2. The van der Waals surface area contributed by atoms with Gasteiger partial charge in [-0.05, 0) is 86.6 Å². The summed E-state index contributed by atoms with van der Waals surface area (Å²) < 4.78 is 13.8. The van der Waals surface area contributed by atoms with Crippen LogP contribution in [0.5, 0.6) is 0 Å². The second-order valence-electron chi connectivity index (χ2n) is 9.00. The molecule has 1 N–H and O–H groups in total. The molecule has 1 heterocycles. The Kier molecular flexibility index (Phi) is 6.29. The van der Waals surface area contributed by atoms with Crippen molar-refractivity contribution >= 4 is 44.6 Å². The Morgan fingerprint density at radius 3 is 2.50 bits per heavy atom. The molecule has 0 spiro atoms. The van der Waals surface area contributed by atoms with E-state index in [0.29, 0.717) is 17.1 Å². The van der Waals surface area contributed by atoms with Crippen molar-refractivity contribution in [2.75, 3.05) is 5.32 Å². The maximum Gasteiger partial charge on any atom is 0.412 e. The number of hydrogen-bond acceptors (Lipinski definition) is 4. The number of halogens is 1. The van der Waals surface area contributed by atoms with E-state index in [1.165, 1.54) is 0 Å². The molecule has 1 aliphatic carbocycles. The van der Waals surface area contributed by atoms with E-state index >= 15 is 0 Å². The van der Waals surface area contributed by atoms with Crippen LogP contribution in [0, 0.1) is 0 Å². The lowest BCUT2D eigenvalue weighted by Crippen LogP contribution is -2.27. The minimum absolute atomic E-state index is 0.0486. The van der Waals surface area contributed by atoms with Gasteiger partial charge in [0, 0.05) is 9.86 Å². The fraction of sp³-hybridized carbons (Fsp3) is 0.360. The summed E-state index contributed by atoms with van der Waals surface area (Å²) in [5.74, 6) is -0.368. The number of para-hydroxylation sites is 2. The summed E-state index contributed by atoms with van der Waals surface area (Å²) in [4.78, 5) is 25.8. The predicted molar refractivity (Wildman–Crippen MR) is 129 cm³/mol. The van der Waals surface area contributed by atoms with E-state index in [-0.39, 0.29) is 12.1 Å². The first-order valence-corrected chi connectivity index (χ1v) is 11.6. The van der Waals surface area contributed by atoms with Crippen LogP contribution in [-0.4, -0.2) is 28.3 Å². The van der Waals surface area contributed by atoms with Crippen LogP contribution in [0.2, 0.25) is 0 Å². The minimum Gasteiger partial charge on any atom is -0.458 e. The van der Waals surface area contributed by atoms with Crippen molar-refractivity contribution in [3.8, 4) is 5.69 Å². The Morgan fingerprint density at radius 2 is 1.78 bits per heavy atom. The smallest absolute Gasteiger partial charge is 0.412 e. The van der Waals surface area contributed by atoms with Gasteiger partial charge in [0.15, 0.2) is 0 Å². The number of carbonyl (C=O) groups is 2. The second kappa shape index (κ2) is 8.98. The average molecular weight is 499 g/mol. The molecule has 0 radical (unpaired) electrons. The quantitative estimate of drug-likeness (QED) is 0.399. The molecule has 32 heavy (non-hydrogen) atoms. The molecule has 6 nitrogen and oxygen atoms in total. The molecule has 1 aliphatic rings. The van der Waals surface area contributed by atoms with E-state index in [1.807, 2.05) is 67.8 Å². The van der Waals surface area contributed by atoms with Crippen LogP contribution < -0.4 is 5.32 Å². The largest absolute Gasteiger partial charge is 0.458 e. The van der Waals surface area contributed by atoms with Gasteiger partial charge in [-0.1, -0.05) is 24.3 Å². The third-order valence-electron chi connectivity index (χ3n) is 5.34. The highest BCUT2D eigenvalue weighted by molar-refractivity contribution is 9.10. The zero-order valence-electron chi connectivity index (χ0n) is 18.5. The van der Waals surface area contributed by atoms with Crippen LogP contribution in [-0.2, 0) is 9.47 Å². The molecule has 1 fully saturated rings. The molecule has 1 aromatic heterocycles. The number of benzene rings is 2. The molecule has 168 valence electrons. The molecule has 4 rings (SSSR count). The summed E-state index contributed by atoms with van der Waals surface area (Å²) in [5.41, 5.74) is 1.78. The van der Waals surface area contributed by atoms with E-state index in [9.17, 15) is 9.59 Å². The summed E-state index contributed by atoms with van der Waals surface area (Å²) in [5, 5.41) is 3.74. The van der Waals surface area contributed by atoms with Crippen molar-refractivity contribution < 1.29 is 19.1 Å². The summed E-state index contributed by atoms with van der Waals surface area (Å²) >= 11 is 3.61. The third kappa shape index (κ3) is 4.83. The molecule has 2 aromatic carbocycles. The Bertz CT molecular complexity index is 1160. The van der Waals surface area contributed by atoms with E-state index in [4.69, 9.17) is 9.47 Å². The molecule has 7 heteroatoms. The predicted octanol–water partition coefficient (Wildman–Crippen LogP) is 6.84. The summed E-state index contributed by atoms with van der Waals surface area (Å²) in [6.07, 6.45) is 3.33. The third-order valence-corrected chi connectivity index (χ3v) is 5.98. The number of amides is 1. The highest BCUT2D eigenvalue weighted by Crippen LogP contribution is 2.35. The maximum absolute atomic E-state index is 13.2. The van der Waals surface area contributed by atoms with Gasteiger partial charge in [-0.15, -0.1) is 0 Å². The van der Waals surface area contributed by atoms with Gasteiger partial charge in [-0.3, -0.25) is 5.32 Å². The zero-order valence-corrected chi connectivity index (χ0v) is 20.1. The molecule has 0 unspecified atom stereocenters. The summed E-state index contributed by atoms with van der Waals surface area (Å²) in [6.45, 7) is 5.43. The molecule has 1 saturated carbocycles. The number of fused-ring (bicyclic) bond motifs is 1. The van der Waals surface area contributed by atoms with Gasteiger partial charge in [-0.2, -0.15) is 0 Å². The van der Waals surface area contributed by atoms with Crippen molar-refractivity contribution in [1.82, 2.24) is 4.57 Å². The standard InChI is InChI=1S/C25H27BrN2O4/c1-25(2,3)32-24(30)27-19-13-8-12-18(26)22(19)28-20-14-7-4-9-16(20)15-21(28)23(29)31-17-10-5-6-11-17/h4,7-9,12-15,17H,5-6,10-11H2,1-3H3,(H,27,30). The van der Waals surface area contributed by atoms with Crippen LogP contribution in [0.25, 0.3) is 16.6 Å². The normalized spacial score (nSPS) is 14.5. The van der Waals surface area contributed by atoms with Crippen LogP contribution in [0.15, 0.2) is 53.0 Å². The lowest BCUT2D eigenvalue weighted by molar-refractivity contribution is 0.0308.